The standard InChI is InChI=1S/C42H56ClN11O5/c1-41(2)37(42(3,4)38(41)59-30-7-6-27(21-44)32(43)20-30)49-36(56)28-22-47-39(48-23-28)52-14-8-26(9-15-52)13-19-58-25-34(55)51-16-10-29(11-17-51)54-33-12-18-53(40(57)46-5)24-31(33)35(45)50-54/h6-7,20,22-23,26,29,37-38H,8-19,24-25H2,1-5H3,(H2,45,50)(H,46,57)(H,49,56). The number of likely N-dealkylation sites (tertiary alicyclic amines) is 1. The molecule has 3 fully saturated rings. The predicted molar refractivity (Wildman–Crippen MR) is 222 cm³/mol. The SMILES string of the molecule is CNC(=O)N1CCc2c(c(N)nn2C2CCN(C(=O)COCCC3CCN(c4ncc(C(=O)NC5C(C)(C)C(Oc6ccc(C#N)c(Cl)c6)C5(C)C)cn4)CC3)CC2)C1. The number of nitrogens with two attached hydrogens (primary N) is 1. The van der Waals surface area contributed by atoms with E-state index in [0.717, 1.165) is 56.5 Å². The fraction of sp³-hybridized carbons (Fsp3) is 0.595. The van der Waals surface area contributed by atoms with E-state index in [9.17, 15) is 19.6 Å². The van der Waals surface area contributed by atoms with Gasteiger partial charge in [0.15, 0.2) is 5.82 Å². The Morgan fingerprint density at radius 3 is 2.34 bits per heavy atom. The van der Waals surface area contributed by atoms with Gasteiger partial charge in [-0.25, -0.2) is 14.8 Å². The monoisotopic (exact) mass is 829 g/mol. The highest BCUT2D eigenvalue weighted by molar-refractivity contribution is 6.31. The zero-order chi connectivity index (χ0) is 42.1. The van der Waals surface area contributed by atoms with Crippen molar-refractivity contribution in [2.24, 2.45) is 16.7 Å². The van der Waals surface area contributed by atoms with Crippen molar-refractivity contribution in [3.05, 3.63) is 58.0 Å². The number of carbonyl (C=O) groups excluding carboxylic acids is 3. The van der Waals surface area contributed by atoms with E-state index in [4.69, 9.17) is 26.8 Å². The number of carbonyl (C=O) groups is 3. The van der Waals surface area contributed by atoms with Crippen molar-refractivity contribution in [1.29, 1.82) is 5.26 Å². The van der Waals surface area contributed by atoms with Crippen LogP contribution in [0.15, 0.2) is 30.6 Å². The number of aromatic nitrogens is 4. The Kier molecular flexibility index (Phi) is 12.3. The molecular weight excluding hydrogens is 774 g/mol. The number of ether oxygens (including phenoxy) is 2. The summed E-state index contributed by atoms with van der Waals surface area (Å²) in [5.41, 5.74) is 8.31. The van der Waals surface area contributed by atoms with Crippen LogP contribution in [0.3, 0.4) is 0 Å². The lowest BCUT2D eigenvalue weighted by Gasteiger charge is -2.63. The summed E-state index contributed by atoms with van der Waals surface area (Å²) in [5.74, 6) is 1.92. The molecule has 59 heavy (non-hydrogen) atoms. The maximum atomic E-state index is 13.4. The Labute approximate surface area is 350 Å². The molecule has 3 aromatic rings. The van der Waals surface area contributed by atoms with E-state index in [2.05, 4.69) is 64.4 Å². The molecule has 0 bridgehead atoms. The smallest absolute Gasteiger partial charge is 0.317 e. The topological polar surface area (TPSA) is 197 Å². The van der Waals surface area contributed by atoms with Crippen LogP contribution >= 0.6 is 11.6 Å². The quantitative estimate of drug-likeness (QED) is 0.229. The molecule has 4 N–H and O–H groups in total. The molecule has 0 radical (unpaired) electrons. The number of hydrogen-bond acceptors (Lipinski definition) is 11. The molecule has 7 rings (SSSR count). The highest BCUT2D eigenvalue weighted by Gasteiger charge is 2.64. The summed E-state index contributed by atoms with van der Waals surface area (Å²) < 4.78 is 14.3. The van der Waals surface area contributed by atoms with Gasteiger partial charge in [-0.15, -0.1) is 0 Å². The number of piperidine rings is 2. The number of nitrogens with zero attached hydrogens (tertiary/aromatic N) is 8. The number of fused-ring (bicyclic) bond motifs is 1. The third-order valence-electron chi connectivity index (χ3n) is 12.9. The van der Waals surface area contributed by atoms with Crippen LogP contribution in [0, 0.1) is 28.1 Å². The number of nitriles is 1. The largest absolute Gasteiger partial charge is 0.489 e. The molecule has 17 heteroatoms. The Morgan fingerprint density at radius 1 is 1.00 bits per heavy atom. The summed E-state index contributed by atoms with van der Waals surface area (Å²) >= 11 is 6.24. The van der Waals surface area contributed by atoms with E-state index in [1.807, 2.05) is 9.58 Å². The minimum Gasteiger partial charge on any atom is -0.489 e. The molecule has 4 aliphatic rings. The fourth-order valence-corrected chi connectivity index (χ4v) is 10.0. The average molecular weight is 830 g/mol. The third-order valence-corrected chi connectivity index (χ3v) is 13.2. The molecular formula is C42H56ClN11O5. The lowest BCUT2D eigenvalue weighted by Crippen LogP contribution is -2.74. The third kappa shape index (κ3) is 8.63. The second-order valence-electron chi connectivity index (χ2n) is 17.4. The average Bonchev–Trinajstić information content (AvgIpc) is 3.58. The first-order valence-corrected chi connectivity index (χ1v) is 21.0. The maximum absolute atomic E-state index is 13.4. The van der Waals surface area contributed by atoms with Gasteiger partial charge in [-0.05, 0) is 50.2 Å². The van der Waals surface area contributed by atoms with Gasteiger partial charge in [0.25, 0.3) is 5.91 Å². The second kappa shape index (κ2) is 17.2. The molecule has 2 saturated heterocycles. The van der Waals surface area contributed by atoms with Crippen LogP contribution in [0.25, 0.3) is 0 Å². The molecule has 0 unspecified atom stereocenters. The molecule has 1 aromatic carbocycles. The first-order valence-electron chi connectivity index (χ1n) is 20.6. The highest BCUT2D eigenvalue weighted by atomic mass is 35.5. The van der Waals surface area contributed by atoms with Gasteiger partial charge in [-0.2, -0.15) is 10.4 Å². The maximum Gasteiger partial charge on any atom is 0.317 e. The molecule has 0 spiro atoms. The number of anilines is 2. The summed E-state index contributed by atoms with van der Waals surface area (Å²) in [4.78, 5) is 53.4. The van der Waals surface area contributed by atoms with Crippen molar-refractivity contribution >= 4 is 41.2 Å². The van der Waals surface area contributed by atoms with Crippen molar-refractivity contribution in [2.75, 3.05) is 63.6 Å². The number of halogens is 1. The van der Waals surface area contributed by atoms with Gasteiger partial charge in [0.1, 0.15) is 24.5 Å². The minimum absolute atomic E-state index is 0.0135. The number of nitrogens with one attached hydrogen (secondary N) is 2. The summed E-state index contributed by atoms with van der Waals surface area (Å²) in [6.45, 7) is 12.8. The number of hydrogen-bond donors (Lipinski definition) is 3. The van der Waals surface area contributed by atoms with Crippen molar-refractivity contribution in [3.63, 3.8) is 0 Å². The van der Waals surface area contributed by atoms with Gasteiger partial charge in [-0.1, -0.05) is 39.3 Å². The summed E-state index contributed by atoms with van der Waals surface area (Å²) in [6, 6.07) is 6.99. The van der Waals surface area contributed by atoms with Crippen LogP contribution in [-0.4, -0.2) is 113 Å². The van der Waals surface area contributed by atoms with E-state index in [1.165, 1.54) is 0 Å². The molecule has 1 aliphatic carbocycles. The molecule has 316 valence electrons. The molecule has 16 nitrogen and oxygen atoms in total. The zero-order valence-electron chi connectivity index (χ0n) is 34.7. The Morgan fingerprint density at radius 2 is 1.69 bits per heavy atom. The van der Waals surface area contributed by atoms with Crippen LogP contribution in [0.5, 0.6) is 5.75 Å². The van der Waals surface area contributed by atoms with Crippen LogP contribution in [0.1, 0.15) is 93.0 Å². The number of benzene rings is 1. The van der Waals surface area contributed by atoms with E-state index < -0.39 is 0 Å². The molecule has 4 amide bonds. The lowest BCUT2D eigenvalue weighted by atomic mass is 9.49. The van der Waals surface area contributed by atoms with Crippen molar-refractivity contribution < 1.29 is 23.9 Å². The first kappa shape index (κ1) is 42.0. The summed E-state index contributed by atoms with van der Waals surface area (Å²) in [7, 11) is 1.63. The van der Waals surface area contributed by atoms with Gasteiger partial charge in [-0.3, -0.25) is 14.3 Å². The summed E-state index contributed by atoms with van der Waals surface area (Å²) in [5, 5.41) is 20.1. The first-order chi connectivity index (χ1) is 28.2. The van der Waals surface area contributed by atoms with Gasteiger partial charge >= 0.3 is 6.03 Å². The molecule has 1 saturated carbocycles. The van der Waals surface area contributed by atoms with Crippen LogP contribution < -0.4 is 26.0 Å². The van der Waals surface area contributed by atoms with Gasteiger partial charge in [0.2, 0.25) is 11.9 Å². The van der Waals surface area contributed by atoms with E-state index in [-0.39, 0.29) is 53.5 Å². The van der Waals surface area contributed by atoms with E-state index >= 15 is 0 Å². The van der Waals surface area contributed by atoms with Gasteiger partial charge in [0.05, 0.1) is 28.7 Å². The number of rotatable bonds is 11. The molecule has 5 heterocycles. The molecule has 3 aliphatic heterocycles. The predicted octanol–water partition coefficient (Wildman–Crippen LogP) is 4.58. The van der Waals surface area contributed by atoms with Crippen molar-refractivity contribution in [3.8, 4) is 11.8 Å². The van der Waals surface area contributed by atoms with Crippen LogP contribution in [0.4, 0.5) is 16.6 Å². The number of urea groups is 1. The number of nitrogen functional groups attached to an aromatic ring is 1. The zero-order valence-corrected chi connectivity index (χ0v) is 35.4. The molecule has 0 atom stereocenters. The summed E-state index contributed by atoms with van der Waals surface area (Å²) in [6.07, 6.45) is 8.08. The lowest BCUT2D eigenvalue weighted by molar-refractivity contribution is -0.164. The Balaban J connectivity index is 0.800. The normalized spacial score (nSPS) is 21.5. The number of amides is 4. The van der Waals surface area contributed by atoms with E-state index in [1.54, 1.807) is 42.5 Å². The fourth-order valence-electron chi connectivity index (χ4n) is 9.80. The Bertz CT molecular complexity index is 2050. The van der Waals surface area contributed by atoms with Crippen molar-refractivity contribution in [2.45, 2.75) is 91.0 Å². The van der Waals surface area contributed by atoms with Gasteiger partial charge in [0, 0.05) is 99.4 Å². The van der Waals surface area contributed by atoms with Crippen LogP contribution in [0.2, 0.25) is 5.02 Å². The van der Waals surface area contributed by atoms with Crippen LogP contribution in [-0.2, 0) is 22.5 Å². The second-order valence-corrected chi connectivity index (χ2v) is 17.8. The van der Waals surface area contributed by atoms with Crippen molar-refractivity contribution in [1.82, 2.24) is 40.2 Å². The minimum atomic E-state index is -0.386. The Hall–Kier alpha value is -5.14. The van der Waals surface area contributed by atoms with Gasteiger partial charge < -0.3 is 40.5 Å². The molecule has 2 aromatic heterocycles. The van der Waals surface area contributed by atoms with E-state index in [0.29, 0.717) is 78.8 Å². The highest BCUT2D eigenvalue weighted by Crippen LogP contribution is 2.55.